The molecule has 0 spiro atoms. The number of carbonyl (C=O) groups excluding carboxylic acids is 2. The van der Waals surface area contributed by atoms with Gasteiger partial charge >= 0.3 is 5.97 Å². The van der Waals surface area contributed by atoms with Crippen molar-refractivity contribution in [2.45, 2.75) is 32.3 Å². The minimum absolute atomic E-state index is 0.0508. The Morgan fingerprint density at radius 2 is 2.27 bits per heavy atom. The summed E-state index contributed by atoms with van der Waals surface area (Å²) in [6.07, 6.45) is 5.21. The Hall–Kier alpha value is -1.69. The van der Waals surface area contributed by atoms with E-state index in [9.17, 15) is 14.0 Å². The number of rotatable bonds is 5. The van der Waals surface area contributed by atoms with E-state index >= 15 is 0 Å². The molecule has 0 fully saturated rings. The second-order valence-electron chi connectivity index (χ2n) is 5.22. The first-order chi connectivity index (χ1) is 10.5. The number of halogens is 2. The summed E-state index contributed by atoms with van der Waals surface area (Å²) >= 11 is 3.14. The molecule has 0 heterocycles. The van der Waals surface area contributed by atoms with Crippen LogP contribution >= 0.6 is 15.9 Å². The van der Waals surface area contributed by atoms with E-state index in [0.717, 1.165) is 12.8 Å². The lowest BCUT2D eigenvalue weighted by molar-refractivity contribution is -0.153. The van der Waals surface area contributed by atoms with Crippen molar-refractivity contribution in [2.24, 2.45) is 5.92 Å². The van der Waals surface area contributed by atoms with Crippen LogP contribution in [0.4, 0.5) is 10.1 Å². The Bertz CT molecular complexity index is 603. The predicted molar refractivity (Wildman–Crippen MR) is 84.8 cm³/mol. The van der Waals surface area contributed by atoms with Crippen LogP contribution < -0.4 is 5.32 Å². The van der Waals surface area contributed by atoms with Gasteiger partial charge in [-0.15, -0.1) is 0 Å². The second-order valence-corrected chi connectivity index (χ2v) is 6.13. The molecule has 4 nitrogen and oxygen atoms in total. The Labute approximate surface area is 136 Å². The molecular weight excluding hydrogens is 353 g/mol. The number of allylic oxidation sites excluding steroid dienone is 2. The number of hydrogen-bond donors (Lipinski definition) is 1. The minimum Gasteiger partial charge on any atom is -0.453 e. The number of amides is 1. The van der Waals surface area contributed by atoms with Crippen LogP contribution in [0, 0.1) is 11.7 Å². The molecule has 2 rings (SSSR count). The summed E-state index contributed by atoms with van der Waals surface area (Å²) in [5.74, 6) is -1.35. The topological polar surface area (TPSA) is 55.4 Å². The second kappa shape index (κ2) is 7.54. The third-order valence-corrected chi connectivity index (χ3v) is 3.90. The maximum absolute atomic E-state index is 13.6. The van der Waals surface area contributed by atoms with Crippen molar-refractivity contribution in [3.05, 3.63) is 40.6 Å². The van der Waals surface area contributed by atoms with E-state index in [1.54, 1.807) is 6.07 Å². The van der Waals surface area contributed by atoms with E-state index in [1.165, 1.54) is 19.1 Å². The quantitative estimate of drug-likeness (QED) is 0.634. The van der Waals surface area contributed by atoms with Gasteiger partial charge in [0.2, 0.25) is 0 Å². The van der Waals surface area contributed by atoms with E-state index in [-0.39, 0.29) is 18.0 Å². The summed E-state index contributed by atoms with van der Waals surface area (Å²) in [5, 5.41) is 2.41. The monoisotopic (exact) mass is 369 g/mol. The highest BCUT2D eigenvalue weighted by Gasteiger charge is 2.21. The van der Waals surface area contributed by atoms with Crippen LogP contribution in [0.2, 0.25) is 0 Å². The number of benzene rings is 1. The van der Waals surface area contributed by atoms with Crippen molar-refractivity contribution in [2.75, 3.05) is 5.32 Å². The van der Waals surface area contributed by atoms with Crippen LogP contribution in [-0.2, 0) is 14.3 Å². The summed E-state index contributed by atoms with van der Waals surface area (Å²) in [5.41, 5.74) is 0.0508. The third kappa shape index (κ3) is 4.66. The smallest absolute Gasteiger partial charge is 0.307 e. The Morgan fingerprint density at radius 1 is 1.50 bits per heavy atom. The van der Waals surface area contributed by atoms with Crippen molar-refractivity contribution >= 4 is 33.5 Å². The van der Waals surface area contributed by atoms with Gasteiger partial charge in [0, 0.05) is 4.47 Å². The van der Waals surface area contributed by atoms with Crippen LogP contribution in [0.15, 0.2) is 34.8 Å². The maximum Gasteiger partial charge on any atom is 0.307 e. The average molecular weight is 370 g/mol. The lowest BCUT2D eigenvalue weighted by atomic mass is 10.1. The molecule has 22 heavy (non-hydrogen) atoms. The van der Waals surface area contributed by atoms with Crippen molar-refractivity contribution in [3.8, 4) is 0 Å². The standard InChI is InChI=1S/C16H17BrFNO3/c1-10(22-15(20)8-11-4-2-3-5-11)16(21)19-14-7-6-12(17)9-13(14)18/h2,4,6-7,9-11H,3,5,8H2,1H3,(H,19,21)/t10-,11+/m0/s1. The molecule has 1 aliphatic rings. The normalized spacial score (nSPS) is 18.0. The van der Waals surface area contributed by atoms with Gasteiger partial charge in [0.15, 0.2) is 6.10 Å². The molecule has 1 aromatic carbocycles. The summed E-state index contributed by atoms with van der Waals surface area (Å²) in [7, 11) is 0. The summed E-state index contributed by atoms with van der Waals surface area (Å²) < 4.78 is 19.3. The highest BCUT2D eigenvalue weighted by molar-refractivity contribution is 9.10. The first kappa shape index (κ1) is 16.7. The van der Waals surface area contributed by atoms with Gasteiger partial charge in [-0.1, -0.05) is 28.1 Å². The molecule has 0 saturated heterocycles. The molecule has 0 aromatic heterocycles. The lowest BCUT2D eigenvalue weighted by Gasteiger charge is -2.15. The number of carbonyl (C=O) groups is 2. The SMILES string of the molecule is C[C@H](OC(=O)C[C@@H]1C=CCC1)C(=O)Nc1ccc(Br)cc1F. The summed E-state index contributed by atoms with van der Waals surface area (Å²) in [6, 6.07) is 4.30. The van der Waals surface area contributed by atoms with Gasteiger partial charge in [0.25, 0.3) is 5.91 Å². The molecule has 1 aromatic rings. The van der Waals surface area contributed by atoms with Crippen LogP contribution in [0.1, 0.15) is 26.2 Å². The Balaban J connectivity index is 1.85. The summed E-state index contributed by atoms with van der Waals surface area (Å²) in [4.78, 5) is 23.7. The average Bonchev–Trinajstić information content (AvgIpc) is 2.94. The number of esters is 1. The van der Waals surface area contributed by atoms with E-state index in [0.29, 0.717) is 4.47 Å². The van der Waals surface area contributed by atoms with E-state index in [4.69, 9.17) is 4.74 Å². The first-order valence-corrected chi connectivity index (χ1v) is 7.87. The molecule has 2 atom stereocenters. The van der Waals surface area contributed by atoms with Gasteiger partial charge < -0.3 is 10.1 Å². The maximum atomic E-state index is 13.6. The zero-order chi connectivity index (χ0) is 16.1. The van der Waals surface area contributed by atoms with Crippen LogP contribution in [-0.4, -0.2) is 18.0 Å². The van der Waals surface area contributed by atoms with E-state index in [2.05, 4.69) is 21.2 Å². The minimum atomic E-state index is -0.971. The van der Waals surface area contributed by atoms with Crippen molar-refractivity contribution < 1.29 is 18.7 Å². The third-order valence-electron chi connectivity index (χ3n) is 3.41. The zero-order valence-electron chi connectivity index (χ0n) is 12.1. The van der Waals surface area contributed by atoms with Gasteiger partial charge in [-0.25, -0.2) is 4.39 Å². The fourth-order valence-electron chi connectivity index (χ4n) is 2.20. The summed E-state index contributed by atoms with van der Waals surface area (Å²) in [6.45, 7) is 1.47. The molecule has 6 heteroatoms. The largest absolute Gasteiger partial charge is 0.453 e. The van der Waals surface area contributed by atoms with Gasteiger partial charge in [-0.2, -0.15) is 0 Å². The van der Waals surface area contributed by atoms with E-state index < -0.39 is 23.8 Å². The van der Waals surface area contributed by atoms with Crippen molar-refractivity contribution in [3.63, 3.8) is 0 Å². The molecule has 1 amide bonds. The molecule has 0 saturated carbocycles. The van der Waals surface area contributed by atoms with Gasteiger partial charge in [-0.05, 0) is 43.9 Å². The molecule has 0 unspecified atom stereocenters. The number of nitrogens with one attached hydrogen (secondary N) is 1. The molecule has 0 aliphatic heterocycles. The molecule has 118 valence electrons. The lowest BCUT2D eigenvalue weighted by Crippen LogP contribution is -2.30. The number of ether oxygens (including phenoxy) is 1. The van der Waals surface area contributed by atoms with Gasteiger partial charge in [0.05, 0.1) is 12.1 Å². The Kier molecular flexibility index (Phi) is 5.71. The molecule has 0 bridgehead atoms. The molecular formula is C16H17BrFNO3. The van der Waals surface area contributed by atoms with Gasteiger partial charge in [0.1, 0.15) is 5.82 Å². The van der Waals surface area contributed by atoms with E-state index in [1.807, 2.05) is 12.2 Å². The van der Waals surface area contributed by atoms with Crippen LogP contribution in [0.3, 0.4) is 0 Å². The zero-order valence-corrected chi connectivity index (χ0v) is 13.7. The van der Waals surface area contributed by atoms with Gasteiger partial charge in [-0.3, -0.25) is 9.59 Å². The number of anilines is 1. The molecule has 0 radical (unpaired) electrons. The Morgan fingerprint density at radius 3 is 2.91 bits per heavy atom. The van der Waals surface area contributed by atoms with Crippen LogP contribution in [0.5, 0.6) is 0 Å². The van der Waals surface area contributed by atoms with Crippen molar-refractivity contribution in [1.29, 1.82) is 0 Å². The number of hydrogen-bond acceptors (Lipinski definition) is 3. The highest BCUT2D eigenvalue weighted by Crippen LogP contribution is 2.22. The fraction of sp³-hybridized carbons (Fsp3) is 0.375. The molecule has 1 aliphatic carbocycles. The molecule has 1 N–H and O–H groups in total. The van der Waals surface area contributed by atoms with Crippen LogP contribution in [0.25, 0.3) is 0 Å². The first-order valence-electron chi connectivity index (χ1n) is 7.08. The highest BCUT2D eigenvalue weighted by atomic mass is 79.9. The predicted octanol–water partition coefficient (Wildman–Crippen LogP) is 3.81. The van der Waals surface area contributed by atoms with Crippen molar-refractivity contribution in [1.82, 2.24) is 0 Å². The fourth-order valence-corrected chi connectivity index (χ4v) is 2.54.